The smallest absolute Gasteiger partial charge is 0.321 e. The highest BCUT2D eigenvalue weighted by Crippen LogP contribution is 2.38. The lowest BCUT2D eigenvalue weighted by Gasteiger charge is -2.43. The average molecular weight is 1040 g/mol. The first kappa shape index (κ1) is 52.0. The van der Waals surface area contributed by atoms with E-state index < -0.39 is 29.5 Å². The molecule has 12 nitrogen and oxygen atoms in total. The van der Waals surface area contributed by atoms with Gasteiger partial charge in [0.1, 0.15) is 6.04 Å². The molecular formula is C56H62Cl2F3N7O5. The molecule has 6 heterocycles. The number of halogens is 5. The molecule has 2 aromatic heterocycles. The van der Waals surface area contributed by atoms with Crippen LogP contribution in [0.5, 0.6) is 0 Å². The van der Waals surface area contributed by atoms with E-state index in [9.17, 15) is 37.8 Å². The standard InChI is InChI=1S/C29H32F3N3O2.C27H30Cl2N4O3/c30-24-15-19(16-25(31)29(24)32)5-6-28(37)35-13-9-21(10-14-35)27(18-36)34-11-7-20(8-12-34)23-17-33-26-4-2-1-3-22(23)26;28-19-5-6-24(22(29)15-19)31-27(36)33-13-9-18(10-14-33)25(26(34)35)32-11-7-17(8-12-32)21-16-30-23-4-2-1-3-20(21)23/h1-6,15-17,20-21,27,33,36H,7-14,18H2;1-6,15-18,25,30H,7-14H2,(H,31,36)(H,34,35)/b6-5+;. The highest BCUT2D eigenvalue weighted by atomic mass is 35.5. The van der Waals surface area contributed by atoms with E-state index >= 15 is 0 Å². The number of rotatable bonds is 11. The summed E-state index contributed by atoms with van der Waals surface area (Å²) in [5.74, 6) is -3.87. The third-order valence-electron chi connectivity index (χ3n) is 15.7. The molecule has 4 aliphatic rings. The Morgan fingerprint density at radius 2 is 1.19 bits per heavy atom. The summed E-state index contributed by atoms with van der Waals surface area (Å²) in [4.78, 5) is 52.4. The molecule has 4 fully saturated rings. The molecule has 4 aromatic carbocycles. The number of hydrogen-bond donors (Lipinski definition) is 5. The van der Waals surface area contributed by atoms with E-state index in [-0.39, 0.29) is 36.1 Å². The molecule has 4 aliphatic heterocycles. The van der Waals surface area contributed by atoms with E-state index in [0.29, 0.717) is 72.5 Å². The normalized spacial score (nSPS) is 19.0. The first-order valence-corrected chi connectivity index (χ1v) is 26.2. The van der Waals surface area contributed by atoms with Crippen molar-refractivity contribution in [2.45, 2.75) is 75.3 Å². The van der Waals surface area contributed by atoms with Gasteiger partial charge in [-0.1, -0.05) is 59.6 Å². The number of aliphatic hydroxyl groups is 1. The molecule has 386 valence electrons. The van der Waals surface area contributed by atoms with E-state index in [1.54, 1.807) is 28.0 Å². The number of piperidine rings is 4. The number of aliphatic carboxylic acids is 1. The fraction of sp³-hybridized carbons (Fsp3) is 0.411. The van der Waals surface area contributed by atoms with Crippen molar-refractivity contribution in [1.29, 1.82) is 0 Å². The average Bonchev–Trinajstić information content (AvgIpc) is 4.04. The van der Waals surface area contributed by atoms with Crippen molar-refractivity contribution < 1.29 is 37.8 Å². The summed E-state index contributed by atoms with van der Waals surface area (Å²) in [5, 5.41) is 26.6. The van der Waals surface area contributed by atoms with Crippen molar-refractivity contribution >= 4 is 74.7 Å². The zero-order valence-electron chi connectivity index (χ0n) is 40.6. The zero-order valence-corrected chi connectivity index (χ0v) is 42.1. The number of carbonyl (C=O) groups excluding carboxylic acids is 2. The number of nitrogens with zero attached hydrogens (tertiary/aromatic N) is 4. The molecule has 0 saturated carbocycles. The Morgan fingerprint density at radius 1 is 0.671 bits per heavy atom. The van der Waals surface area contributed by atoms with Crippen LogP contribution in [0.2, 0.25) is 10.0 Å². The van der Waals surface area contributed by atoms with Crippen LogP contribution < -0.4 is 5.32 Å². The van der Waals surface area contributed by atoms with Crippen LogP contribution in [0.25, 0.3) is 27.9 Å². The number of carboxylic acids is 1. The van der Waals surface area contributed by atoms with Crippen molar-refractivity contribution in [2.75, 3.05) is 64.3 Å². The molecular weight excluding hydrogens is 979 g/mol. The number of anilines is 1. The summed E-state index contributed by atoms with van der Waals surface area (Å²) >= 11 is 12.1. The van der Waals surface area contributed by atoms with Crippen molar-refractivity contribution in [3.8, 4) is 0 Å². The molecule has 17 heteroatoms. The summed E-state index contributed by atoms with van der Waals surface area (Å²) < 4.78 is 40.0. The highest BCUT2D eigenvalue weighted by Gasteiger charge is 2.39. The molecule has 0 spiro atoms. The van der Waals surface area contributed by atoms with Crippen LogP contribution in [0.4, 0.5) is 23.7 Å². The van der Waals surface area contributed by atoms with E-state index in [2.05, 4.69) is 73.9 Å². The number of urea groups is 1. The molecule has 4 saturated heterocycles. The third kappa shape index (κ3) is 12.1. The van der Waals surface area contributed by atoms with Gasteiger partial charge in [-0.2, -0.15) is 0 Å². The number of fused-ring (bicyclic) bond motifs is 2. The topological polar surface area (TPSA) is 148 Å². The van der Waals surface area contributed by atoms with Gasteiger partial charge in [0.2, 0.25) is 5.91 Å². The molecule has 0 aliphatic carbocycles. The van der Waals surface area contributed by atoms with E-state index in [0.717, 1.165) is 82.4 Å². The Kier molecular flexibility index (Phi) is 16.8. The molecule has 0 radical (unpaired) electrons. The molecule has 3 amide bonds. The molecule has 10 rings (SSSR count). The number of para-hydroxylation sites is 2. The van der Waals surface area contributed by atoms with Crippen LogP contribution in [-0.2, 0) is 9.59 Å². The number of carboxylic acid groups (broad SMARTS) is 1. The van der Waals surface area contributed by atoms with Gasteiger partial charge in [-0.3, -0.25) is 19.4 Å². The van der Waals surface area contributed by atoms with Crippen LogP contribution in [0.1, 0.15) is 79.9 Å². The largest absolute Gasteiger partial charge is 0.480 e. The van der Waals surface area contributed by atoms with Crippen molar-refractivity contribution in [3.05, 3.63) is 142 Å². The molecule has 5 N–H and O–H groups in total. The molecule has 0 bridgehead atoms. The van der Waals surface area contributed by atoms with Gasteiger partial charge in [-0.25, -0.2) is 18.0 Å². The monoisotopic (exact) mass is 1040 g/mol. The Labute approximate surface area is 433 Å². The quantitative estimate of drug-likeness (QED) is 0.0641. The highest BCUT2D eigenvalue weighted by molar-refractivity contribution is 6.36. The fourth-order valence-electron chi connectivity index (χ4n) is 11.8. The molecule has 6 aromatic rings. The van der Waals surface area contributed by atoms with Gasteiger partial charge < -0.3 is 35.3 Å². The lowest BCUT2D eigenvalue weighted by Crippen LogP contribution is -2.52. The number of benzene rings is 4. The zero-order chi connectivity index (χ0) is 51.2. The number of carbonyl (C=O) groups is 3. The van der Waals surface area contributed by atoms with E-state index in [4.69, 9.17) is 23.2 Å². The third-order valence-corrected chi connectivity index (χ3v) is 16.3. The van der Waals surface area contributed by atoms with Crippen LogP contribution in [0.15, 0.2) is 97.3 Å². The predicted octanol–water partition coefficient (Wildman–Crippen LogP) is 11.1. The number of aromatic nitrogens is 2. The maximum Gasteiger partial charge on any atom is 0.321 e. The summed E-state index contributed by atoms with van der Waals surface area (Å²) in [5.41, 5.74) is 5.62. The summed E-state index contributed by atoms with van der Waals surface area (Å²) in [6, 6.07) is 22.7. The van der Waals surface area contributed by atoms with Gasteiger partial charge in [-0.05, 0) is 166 Å². The number of aliphatic hydroxyl groups excluding tert-OH is 1. The number of likely N-dealkylation sites (tertiary alicyclic amines) is 4. The van der Waals surface area contributed by atoms with Crippen LogP contribution in [0.3, 0.4) is 0 Å². The lowest BCUT2D eigenvalue weighted by atomic mass is 9.84. The minimum atomic E-state index is -1.52. The minimum absolute atomic E-state index is 0.00955. The summed E-state index contributed by atoms with van der Waals surface area (Å²) in [7, 11) is 0. The van der Waals surface area contributed by atoms with Crippen molar-refractivity contribution in [3.63, 3.8) is 0 Å². The number of hydrogen-bond acceptors (Lipinski definition) is 6. The predicted molar refractivity (Wildman–Crippen MR) is 280 cm³/mol. The Hall–Kier alpha value is -5.84. The summed E-state index contributed by atoms with van der Waals surface area (Å²) in [6.07, 6.45) is 13.7. The van der Waals surface area contributed by atoms with Crippen molar-refractivity contribution in [1.82, 2.24) is 29.6 Å². The Bertz CT molecular complexity index is 2890. The van der Waals surface area contributed by atoms with E-state index in [1.807, 2.05) is 12.1 Å². The van der Waals surface area contributed by atoms with Gasteiger partial charge in [0, 0.05) is 77.5 Å². The maximum absolute atomic E-state index is 13.4. The van der Waals surface area contributed by atoms with Crippen LogP contribution in [-0.4, -0.2) is 129 Å². The lowest BCUT2D eigenvalue weighted by molar-refractivity contribution is -0.147. The minimum Gasteiger partial charge on any atom is -0.480 e. The van der Waals surface area contributed by atoms with Crippen LogP contribution >= 0.6 is 23.2 Å². The maximum atomic E-state index is 13.4. The second kappa shape index (κ2) is 23.6. The second-order valence-electron chi connectivity index (χ2n) is 19.9. The second-order valence-corrected chi connectivity index (χ2v) is 20.7. The van der Waals surface area contributed by atoms with Gasteiger partial charge in [-0.15, -0.1) is 0 Å². The molecule has 2 unspecified atom stereocenters. The first-order chi connectivity index (χ1) is 35.3. The van der Waals surface area contributed by atoms with Crippen LogP contribution in [0, 0.1) is 29.3 Å². The fourth-order valence-corrected chi connectivity index (χ4v) is 12.2. The Balaban J connectivity index is 0.000000180. The van der Waals surface area contributed by atoms with Gasteiger partial charge in [0.15, 0.2) is 17.5 Å². The Morgan fingerprint density at radius 3 is 1.73 bits per heavy atom. The van der Waals surface area contributed by atoms with Gasteiger partial charge in [0.05, 0.1) is 17.3 Å². The van der Waals surface area contributed by atoms with Gasteiger partial charge in [0.25, 0.3) is 0 Å². The first-order valence-electron chi connectivity index (χ1n) is 25.4. The molecule has 2 atom stereocenters. The number of nitrogens with one attached hydrogen (secondary N) is 3. The SMILES string of the molecule is O=C(/C=C/c1cc(F)c(F)c(F)c1)N1CCC(C(CO)N2CCC(c3c[nH]c4ccccc34)CC2)CC1.O=C(O)C(C1CCN(C(=O)Nc2ccc(Cl)cc2Cl)CC1)N1CCC(c2c[nH]c3ccccc23)CC1. The molecule has 73 heavy (non-hydrogen) atoms. The van der Waals surface area contributed by atoms with E-state index in [1.165, 1.54) is 39.6 Å². The van der Waals surface area contributed by atoms with Crippen molar-refractivity contribution in [2.24, 2.45) is 11.8 Å². The van der Waals surface area contributed by atoms with Gasteiger partial charge >= 0.3 is 12.0 Å². The number of aromatic amines is 2. The summed E-state index contributed by atoms with van der Waals surface area (Å²) in [6.45, 7) is 5.62. The number of amides is 3. The number of H-pyrrole nitrogens is 2.